The lowest BCUT2D eigenvalue weighted by Crippen LogP contribution is -2.10. The van der Waals surface area contributed by atoms with Crippen molar-refractivity contribution < 1.29 is 24.4 Å². The first-order valence-electron chi connectivity index (χ1n) is 15.5. The van der Waals surface area contributed by atoms with Gasteiger partial charge in [0.1, 0.15) is 28.6 Å². The van der Waals surface area contributed by atoms with E-state index in [1.807, 2.05) is 54.6 Å². The van der Waals surface area contributed by atoms with E-state index in [4.69, 9.17) is 11.3 Å². The van der Waals surface area contributed by atoms with Crippen LogP contribution in [0.5, 0.6) is 0 Å². The van der Waals surface area contributed by atoms with Gasteiger partial charge in [0, 0.05) is 49.8 Å². The molecule has 0 aliphatic rings. The van der Waals surface area contributed by atoms with E-state index >= 15 is 0 Å². The van der Waals surface area contributed by atoms with Gasteiger partial charge in [-0.25, -0.2) is 13.2 Å². The molecule has 6 aromatic carbocycles. The Hall–Kier alpha value is -5.07. The minimum atomic E-state index is -1.07. The lowest BCUT2D eigenvalue weighted by molar-refractivity contribution is 0.548. The maximum atomic E-state index is 14.7. The quantitative estimate of drug-likeness (QED) is 0.207. The molecule has 0 amide bonds. The molecule has 0 saturated heterocycles. The number of hydrogen-bond donors (Lipinski definition) is 0. The summed E-state index contributed by atoms with van der Waals surface area (Å²) in [5.74, 6) is -3.17. The Morgan fingerprint density at radius 3 is 2.14 bits per heavy atom. The molecule has 2 aromatic heterocycles. The molecular formula is C36H20F3NOS. The van der Waals surface area contributed by atoms with Gasteiger partial charge in [-0.2, -0.15) is 0 Å². The highest BCUT2D eigenvalue weighted by atomic mass is 32.1. The van der Waals surface area contributed by atoms with Crippen molar-refractivity contribution in [3.63, 3.8) is 0 Å². The number of nitrogens with zero attached hydrogens (tertiary/aromatic N) is 1. The fourth-order valence-corrected chi connectivity index (χ4v) is 6.76. The normalized spacial score (nSPS) is 13.4. The largest absolute Gasteiger partial charge is 0.455 e. The van der Waals surface area contributed by atoms with Gasteiger partial charge in [-0.15, -0.1) is 11.3 Å². The third-order valence-corrected chi connectivity index (χ3v) is 8.54. The van der Waals surface area contributed by atoms with Gasteiger partial charge >= 0.3 is 0 Å². The highest BCUT2D eigenvalue weighted by molar-refractivity contribution is 7.26. The van der Waals surface area contributed by atoms with E-state index in [1.54, 1.807) is 17.0 Å². The van der Waals surface area contributed by atoms with Crippen LogP contribution in [0, 0.1) is 17.5 Å². The average molecular weight is 577 g/mol. The number of para-hydroxylation sites is 2. The molecule has 0 aliphatic heterocycles. The smallest absolute Gasteiger partial charge is 0.144 e. The van der Waals surface area contributed by atoms with Crippen molar-refractivity contribution in [2.45, 2.75) is 0 Å². The molecule has 0 aliphatic carbocycles. The first kappa shape index (κ1) is 19.9. The molecule has 2 nitrogen and oxygen atoms in total. The number of rotatable bonds is 4. The molecule has 202 valence electrons. The summed E-state index contributed by atoms with van der Waals surface area (Å²) in [5.41, 5.74) is 1.82. The van der Waals surface area contributed by atoms with E-state index in [2.05, 4.69) is 0 Å². The van der Waals surface area contributed by atoms with Gasteiger partial charge in [0.15, 0.2) is 0 Å². The summed E-state index contributed by atoms with van der Waals surface area (Å²) in [4.78, 5) is 1.58. The van der Waals surface area contributed by atoms with Crippen LogP contribution in [0.1, 0.15) is 6.85 Å². The highest BCUT2D eigenvalue weighted by Gasteiger charge is 2.23. The maximum Gasteiger partial charge on any atom is 0.144 e. The van der Waals surface area contributed by atoms with Crippen LogP contribution in [0.25, 0.3) is 53.2 Å². The molecular weight excluding hydrogens is 551 g/mol. The Bertz CT molecular complexity index is 2530. The van der Waals surface area contributed by atoms with E-state index in [1.165, 1.54) is 23.5 Å². The van der Waals surface area contributed by atoms with Crippen molar-refractivity contribution in [2.75, 3.05) is 4.90 Å². The number of anilines is 3. The molecule has 8 aromatic rings. The van der Waals surface area contributed by atoms with Gasteiger partial charge in [0.05, 0.1) is 22.8 Å². The van der Waals surface area contributed by atoms with Crippen LogP contribution in [-0.4, -0.2) is 0 Å². The van der Waals surface area contributed by atoms with Gasteiger partial charge < -0.3 is 9.32 Å². The van der Waals surface area contributed by atoms with Crippen LogP contribution in [-0.2, 0) is 0 Å². The van der Waals surface area contributed by atoms with E-state index in [-0.39, 0.29) is 11.3 Å². The van der Waals surface area contributed by atoms with E-state index in [0.717, 1.165) is 30.9 Å². The number of benzene rings is 6. The predicted octanol–water partition coefficient (Wildman–Crippen LogP) is 11.5. The van der Waals surface area contributed by atoms with E-state index in [9.17, 15) is 13.2 Å². The third-order valence-electron chi connectivity index (χ3n) is 7.34. The van der Waals surface area contributed by atoms with Crippen LogP contribution < -0.4 is 4.90 Å². The lowest BCUT2D eigenvalue weighted by Gasteiger charge is -2.26. The molecule has 0 spiro atoms. The molecule has 0 fully saturated rings. The number of hydrogen-bond acceptors (Lipinski definition) is 3. The summed E-state index contributed by atoms with van der Waals surface area (Å²) in [7, 11) is 0. The lowest BCUT2D eigenvalue weighted by atomic mass is 10.0. The number of fused-ring (bicyclic) bond motifs is 7. The SMILES string of the molecule is [2H]c1c([2H])c([2H])c(N(c2ccc(-c3c(F)cc(F)cc3F)cc2)c2cc3c4ccccc4oc3c3c2sc2ccccc23)c([2H])c1[2H]. The van der Waals surface area contributed by atoms with Crippen molar-refractivity contribution in [2.24, 2.45) is 0 Å². The molecule has 8 rings (SSSR count). The molecule has 0 bridgehead atoms. The molecule has 0 radical (unpaired) electrons. The summed E-state index contributed by atoms with van der Waals surface area (Å²) in [6.45, 7) is 0. The summed E-state index contributed by atoms with van der Waals surface area (Å²) >= 11 is 1.47. The van der Waals surface area contributed by atoms with Crippen LogP contribution in [0.15, 0.2) is 126 Å². The van der Waals surface area contributed by atoms with Crippen molar-refractivity contribution in [3.05, 3.63) is 139 Å². The fourth-order valence-electron chi connectivity index (χ4n) is 5.55. The van der Waals surface area contributed by atoms with E-state index < -0.39 is 53.2 Å². The zero-order chi connectivity index (χ0) is 32.7. The molecule has 0 saturated carbocycles. The molecule has 0 N–H and O–H groups in total. The standard InChI is InChI=1S/C36H20F3NOS/c37-22-18-28(38)33(29(39)19-22)21-14-16-24(17-15-21)40(23-8-2-1-3-9-23)30-20-27-25-10-4-6-12-31(25)41-35(27)34-26-11-5-7-13-32(26)42-36(30)34/h1-20H/i1D,2D,3D,8D,9D. The number of halogens is 3. The Kier molecular flexibility index (Phi) is 4.50. The van der Waals surface area contributed by atoms with Gasteiger partial charge in [-0.3, -0.25) is 0 Å². The van der Waals surface area contributed by atoms with Crippen LogP contribution in [0.4, 0.5) is 30.2 Å². The Labute approximate surface area is 249 Å². The van der Waals surface area contributed by atoms with Crippen molar-refractivity contribution in [1.82, 2.24) is 0 Å². The monoisotopic (exact) mass is 576 g/mol. The maximum absolute atomic E-state index is 14.7. The number of thiophene rings is 1. The molecule has 2 heterocycles. The number of furan rings is 1. The second-order valence-electron chi connectivity index (χ2n) is 9.77. The molecule has 0 unspecified atom stereocenters. The predicted molar refractivity (Wildman–Crippen MR) is 167 cm³/mol. The minimum Gasteiger partial charge on any atom is -0.455 e. The zero-order valence-corrected chi connectivity index (χ0v) is 22.4. The second-order valence-corrected chi connectivity index (χ2v) is 10.8. The Morgan fingerprint density at radius 1 is 0.690 bits per heavy atom. The van der Waals surface area contributed by atoms with Gasteiger partial charge in [0.25, 0.3) is 0 Å². The van der Waals surface area contributed by atoms with Crippen molar-refractivity contribution in [3.8, 4) is 11.1 Å². The van der Waals surface area contributed by atoms with Crippen molar-refractivity contribution in [1.29, 1.82) is 0 Å². The van der Waals surface area contributed by atoms with Crippen molar-refractivity contribution >= 4 is 70.5 Å². The van der Waals surface area contributed by atoms with Crippen LogP contribution in [0.3, 0.4) is 0 Å². The third kappa shape index (κ3) is 3.80. The van der Waals surface area contributed by atoms with Gasteiger partial charge in [-0.05, 0) is 48.0 Å². The highest BCUT2D eigenvalue weighted by Crippen LogP contribution is 2.49. The second kappa shape index (κ2) is 9.50. The van der Waals surface area contributed by atoms with Crippen LogP contribution in [0.2, 0.25) is 0 Å². The first-order valence-corrected chi connectivity index (χ1v) is 13.8. The summed E-state index contributed by atoms with van der Waals surface area (Å²) in [6.07, 6.45) is 0. The average Bonchev–Trinajstić information content (AvgIpc) is 3.63. The molecule has 0 atom stereocenters. The summed E-state index contributed by atoms with van der Waals surface area (Å²) in [5, 5.41) is 3.33. The van der Waals surface area contributed by atoms with E-state index in [0.29, 0.717) is 34.7 Å². The summed E-state index contributed by atoms with van der Waals surface area (Å²) < 4.78 is 94.3. The molecule has 6 heteroatoms. The first-order chi connectivity index (χ1) is 22.6. The Morgan fingerprint density at radius 2 is 1.38 bits per heavy atom. The molecule has 42 heavy (non-hydrogen) atoms. The van der Waals surface area contributed by atoms with Gasteiger partial charge in [0.2, 0.25) is 0 Å². The van der Waals surface area contributed by atoms with Gasteiger partial charge in [-0.1, -0.05) is 66.7 Å². The van der Waals surface area contributed by atoms with Crippen LogP contribution >= 0.6 is 11.3 Å². The summed E-state index contributed by atoms with van der Waals surface area (Å²) in [6, 6.07) is 22.1. The zero-order valence-electron chi connectivity index (χ0n) is 26.6. The minimum absolute atomic E-state index is 0.103. The topological polar surface area (TPSA) is 16.4 Å². The fraction of sp³-hybridized carbons (Fsp3) is 0. The Balaban J connectivity index is 1.48.